The van der Waals surface area contributed by atoms with Gasteiger partial charge in [0.05, 0.1) is 6.61 Å². The van der Waals surface area contributed by atoms with E-state index in [9.17, 15) is 35.4 Å². The lowest BCUT2D eigenvalue weighted by atomic mass is 9.98. The van der Waals surface area contributed by atoms with Crippen LogP contribution in [0.1, 0.15) is 45.4 Å². The number of primary amides is 1. The van der Waals surface area contributed by atoms with E-state index in [1.54, 1.807) is 0 Å². The lowest BCUT2D eigenvalue weighted by molar-refractivity contribution is -0.326. The molecule has 32 heavy (non-hydrogen) atoms. The second-order valence-electron chi connectivity index (χ2n) is 8.29. The van der Waals surface area contributed by atoms with E-state index in [0.29, 0.717) is 6.61 Å². The predicted molar refractivity (Wildman–Crippen MR) is 108 cm³/mol. The summed E-state index contributed by atoms with van der Waals surface area (Å²) in [7, 11) is 0. The normalized spacial score (nSPS) is 40.3. The fourth-order valence-corrected chi connectivity index (χ4v) is 3.68. The molecule has 2 saturated heterocycles. The third-order valence-electron chi connectivity index (χ3n) is 5.72. The van der Waals surface area contributed by atoms with Gasteiger partial charge in [-0.25, -0.2) is 0 Å². The number of hydrogen-bond donors (Lipinski definition) is 7. The van der Waals surface area contributed by atoms with E-state index < -0.39 is 73.9 Å². The minimum Gasteiger partial charge on any atom is -0.387 e. The first-order chi connectivity index (χ1) is 15.2. The molecule has 8 N–H and O–H groups in total. The van der Waals surface area contributed by atoms with Crippen LogP contribution in [0.2, 0.25) is 0 Å². The maximum atomic E-state index is 11.4. The molecular weight excluding hydrogens is 430 g/mol. The number of unbranched alkanes of at least 4 members (excludes halogenated alkanes) is 5. The molecular formula is C20H37NO11. The molecule has 2 fully saturated rings. The molecule has 0 unspecified atom stereocenters. The summed E-state index contributed by atoms with van der Waals surface area (Å²) in [5.74, 6) is -1.06. The van der Waals surface area contributed by atoms with Gasteiger partial charge in [0.2, 0.25) is 5.91 Å². The van der Waals surface area contributed by atoms with Gasteiger partial charge in [0, 0.05) is 6.61 Å². The SMILES string of the molecule is CCCCCCCCO[C@@H]1O[C@H](CO[C@H]2O[C@H](C(N)=O)[C@H](O)[C@H](O)[C@H]2O)[C@@H](O)[C@H](O)[C@H]1O. The van der Waals surface area contributed by atoms with Crippen molar-refractivity contribution >= 4 is 5.91 Å². The number of carbonyl (C=O) groups excluding carboxylic acids is 1. The zero-order valence-electron chi connectivity index (χ0n) is 18.2. The average molecular weight is 468 g/mol. The Hall–Kier alpha value is -0.930. The highest BCUT2D eigenvalue weighted by Gasteiger charge is 2.48. The highest BCUT2D eigenvalue weighted by Crippen LogP contribution is 2.26. The Balaban J connectivity index is 1.86. The van der Waals surface area contributed by atoms with Gasteiger partial charge in [0.1, 0.15) is 42.7 Å². The molecule has 0 aromatic rings. The zero-order chi connectivity index (χ0) is 23.8. The topological polar surface area (TPSA) is 201 Å². The van der Waals surface area contributed by atoms with Gasteiger partial charge < -0.3 is 55.3 Å². The predicted octanol–water partition coefficient (Wildman–Crippen LogP) is -2.52. The van der Waals surface area contributed by atoms with E-state index in [-0.39, 0.29) is 0 Å². The van der Waals surface area contributed by atoms with Gasteiger partial charge >= 0.3 is 0 Å². The van der Waals surface area contributed by atoms with Crippen LogP contribution in [0, 0.1) is 0 Å². The zero-order valence-corrected chi connectivity index (χ0v) is 18.2. The summed E-state index contributed by atoms with van der Waals surface area (Å²) in [4.78, 5) is 11.4. The van der Waals surface area contributed by atoms with Crippen LogP contribution in [-0.4, -0.2) is 111 Å². The minimum absolute atomic E-state index is 0.291. The van der Waals surface area contributed by atoms with Crippen LogP contribution < -0.4 is 5.73 Å². The van der Waals surface area contributed by atoms with Gasteiger partial charge in [-0.15, -0.1) is 0 Å². The molecule has 1 amide bonds. The van der Waals surface area contributed by atoms with E-state index in [4.69, 9.17) is 24.7 Å². The van der Waals surface area contributed by atoms with Gasteiger partial charge in [-0.05, 0) is 6.42 Å². The Morgan fingerprint density at radius 1 is 0.750 bits per heavy atom. The lowest BCUT2D eigenvalue weighted by Gasteiger charge is -2.42. The molecule has 2 aliphatic rings. The summed E-state index contributed by atoms with van der Waals surface area (Å²) in [6, 6.07) is 0. The minimum atomic E-state index is -1.76. The summed E-state index contributed by atoms with van der Waals surface area (Å²) in [6.45, 7) is 1.98. The molecule has 0 aliphatic carbocycles. The van der Waals surface area contributed by atoms with Crippen LogP contribution in [0.3, 0.4) is 0 Å². The van der Waals surface area contributed by atoms with Crippen LogP contribution in [-0.2, 0) is 23.7 Å². The molecule has 10 atom stereocenters. The van der Waals surface area contributed by atoms with Crippen LogP contribution in [0.25, 0.3) is 0 Å². The molecule has 2 aliphatic heterocycles. The fourth-order valence-electron chi connectivity index (χ4n) is 3.68. The molecule has 0 spiro atoms. The first kappa shape index (κ1) is 27.3. The highest BCUT2D eigenvalue weighted by molar-refractivity contribution is 5.79. The van der Waals surface area contributed by atoms with Crippen molar-refractivity contribution in [3.63, 3.8) is 0 Å². The Labute approximate surface area is 186 Å². The Morgan fingerprint density at radius 3 is 1.94 bits per heavy atom. The van der Waals surface area contributed by atoms with Crippen LogP contribution in [0.4, 0.5) is 0 Å². The quantitative estimate of drug-likeness (QED) is 0.149. The maximum Gasteiger partial charge on any atom is 0.249 e. The molecule has 2 rings (SSSR count). The van der Waals surface area contributed by atoms with Gasteiger partial charge in [-0.1, -0.05) is 39.0 Å². The van der Waals surface area contributed by atoms with Crippen LogP contribution in [0.15, 0.2) is 0 Å². The summed E-state index contributed by atoms with van der Waals surface area (Å²) in [5, 5.41) is 60.2. The molecule has 0 aromatic heterocycles. The van der Waals surface area contributed by atoms with Crippen molar-refractivity contribution in [1.29, 1.82) is 0 Å². The second-order valence-corrected chi connectivity index (χ2v) is 8.29. The number of rotatable bonds is 12. The third-order valence-corrected chi connectivity index (χ3v) is 5.72. The summed E-state index contributed by atoms with van der Waals surface area (Å²) in [6.07, 6.45) is -9.14. The van der Waals surface area contributed by atoms with Gasteiger partial charge in [0.15, 0.2) is 18.7 Å². The number of hydrogen-bond acceptors (Lipinski definition) is 11. The monoisotopic (exact) mass is 467 g/mol. The molecule has 12 heteroatoms. The number of nitrogens with two attached hydrogens (primary N) is 1. The summed E-state index contributed by atoms with van der Waals surface area (Å²) in [5.41, 5.74) is 5.12. The Kier molecular flexibility index (Phi) is 11.2. The van der Waals surface area contributed by atoms with E-state index in [2.05, 4.69) is 6.92 Å². The lowest BCUT2D eigenvalue weighted by Crippen LogP contribution is -2.63. The van der Waals surface area contributed by atoms with Crippen molar-refractivity contribution < 1.29 is 54.4 Å². The smallest absolute Gasteiger partial charge is 0.249 e. The van der Waals surface area contributed by atoms with Gasteiger partial charge in [0.25, 0.3) is 0 Å². The maximum absolute atomic E-state index is 11.4. The largest absolute Gasteiger partial charge is 0.387 e. The van der Waals surface area contributed by atoms with E-state index in [0.717, 1.165) is 32.1 Å². The molecule has 0 bridgehead atoms. The number of carbonyl (C=O) groups is 1. The summed E-state index contributed by atoms with van der Waals surface area (Å²) < 4.78 is 21.5. The average Bonchev–Trinajstić information content (AvgIpc) is 2.76. The number of amides is 1. The summed E-state index contributed by atoms with van der Waals surface area (Å²) >= 11 is 0. The Morgan fingerprint density at radius 2 is 1.31 bits per heavy atom. The van der Waals surface area contributed by atoms with E-state index in [1.807, 2.05) is 0 Å². The first-order valence-electron chi connectivity index (χ1n) is 11.1. The van der Waals surface area contributed by atoms with Crippen LogP contribution >= 0.6 is 0 Å². The first-order valence-corrected chi connectivity index (χ1v) is 11.1. The molecule has 2 heterocycles. The van der Waals surface area contributed by atoms with E-state index >= 15 is 0 Å². The Bertz CT molecular complexity index is 568. The van der Waals surface area contributed by atoms with Crippen molar-refractivity contribution in [1.82, 2.24) is 0 Å². The fraction of sp³-hybridized carbons (Fsp3) is 0.950. The molecule has 0 saturated carbocycles. The standard InChI is InChI=1S/C20H37NO11/c1-2-3-4-5-6-7-8-29-19-15(26)12(23)11(22)10(31-19)9-30-20-16(27)13(24)14(25)17(32-20)18(21)28/h10-17,19-20,22-27H,2-9H2,1H3,(H2,21,28)/t10-,11-,12+,13+,14-,15-,16-,17+,19-,20+/m1/s1. The molecule has 0 aromatic carbocycles. The van der Waals surface area contributed by atoms with Crippen molar-refractivity contribution in [3.8, 4) is 0 Å². The number of aliphatic hydroxyl groups excluding tert-OH is 6. The number of aliphatic hydroxyl groups is 6. The van der Waals surface area contributed by atoms with Gasteiger partial charge in [-0.2, -0.15) is 0 Å². The third kappa shape index (κ3) is 7.03. The van der Waals surface area contributed by atoms with Crippen molar-refractivity contribution in [2.24, 2.45) is 5.73 Å². The molecule has 188 valence electrons. The van der Waals surface area contributed by atoms with Crippen molar-refractivity contribution in [2.45, 2.75) is 107 Å². The van der Waals surface area contributed by atoms with Gasteiger partial charge in [-0.3, -0.25) is 4.79 Å². The molecule has 0 radical (unpaired) electrons. The highest BCUT2D eigenvalue weighted by atomic mass is 16.7. The number of ether oxygens (including phenoxy) is 4. The van der Waals surface area contributed by atoms with Crippen LogP contribution in [0.5, 0.6) is 0 Å². The van der Waals surface area contributed by atoms with Crippen molar-refractivity contribution in [2.75, 3.05) is 13.2 Å². The van der Waals surface area contributed by atoms with Crippen molar-refractivity contribution in [3.05, 3.63) is 0 Å². The van der Waals surface area contributed by atoms with E-state index in [1.165, 1.54) is 6.42 Å². The second kappa shape index (κ2) is 13.1. The molecule has 12 nitrogen and oxygen atoms in total.